The fourth-order valence-electron chi connectivity index (χ4n) is 11.0. The lowest BCUT2D eigenvalue weighted by Gasteiger charge is -2.54. The van der Waals surface area contributed by atoms with Crippen LogP contribution in [0, 0.1) is 29.6 Å². The summed E-state index contributed by atoms with van der Waals surface area (Å²) in [6, 6.07) is 0.774. The molecule has 4 saturated carbocycles. The molecule has 0 amide bonds. The lowest BCUT2D eigenvalue weighted by Crippen LogP contribution is -2.44. The molecule has 0 spiro atoms. The first-order valence-corrected chi connectivity index (χ1v) is 29.4. The number of unbranched alkanes of at least 4 members (excludes halogenated alkanes) is 13. The second kappa shape index (κ2) is 51.2. The van der Waals surface area contributed by atoms with Gasteiger partial charge in [0.2, 0.25) is 0 Å². The van der Waals surface area contributed by atoms with Crippen molar-refractivity contribution in [1.29, 1.82) is 0 Å². The third kappa shape index (κ3) is 38.9. The van der Waals surface area contributed by atoms with Crippen LogP contribution in [-0.2, 0) is 4.74 Å². The highest BCUT2D eigenvalue weighted by Gasteiger charge is 2.47. The second-order valence-electron chi connectivity index (χ2n) is 20.8. The fraction of sp³-hybridized carbons (Fsp3) is 0.964. The van der Waals surface area contributed by atoms with E-state index in [0.717, 1.165) is 134 Å². The number of ether oxygens (including phenoxy) is 1. The molecule has 0 atom stereocenters. The lowest BCUT2D eigenvalue weighted by atomic mass is 9.51. The van der Waals surface area contributed by atoms with Gasteiger partial charge in [0.25, 0.3) is 0 Å². The summed E-state index contributed by atoms with van der Waals surface area (Å²) >= 11 is 0. The largest absolute Gasteiger partial charge is 0.395 e. The van der Waals surface area contributed by atoms with Gasteiger partial charge in [0, 0.05) is 25.7 Å². The summed E-state index contributed by atoms with van der Waals surface area (Å²) in [7, 11) is 2.04. The predicted molar refractivity (Wildman–Crippen MR) is 296 cm³/mol. The van der Waals surface area contributed by atoms with Crippen LogP contribution in [0.1, 0.15) is 187 Å². The molecule has 4 aliphatic carbocycles. The molecule has 2 aliphatic heterocycles. The summed E-state index contributed by atoms with van der Waals surface area (Å²) in [4.78, 5) is 2.47. The molecule has 68 heavy (non-hydrogen) atoms. The molecule has 2 saturated heterocycles. The van der Waals surface area contributed by atoms with Crippen LogP contribution in [0.25, 0.3) is 0 Å². The first kappa shape index (κ1) is 65.3. The van der Waals surface area contributed by atoms with Crippen molar-refractivity contribution >= 4 is 0 Å². The molecule has 12 nitrogen and oxygen atoms in total. The van der Waals surface area contributed by atoms with E-state index < -0.39 is 0 Å². The summed E-state index contributed by atoms with van der Waals surface area (Å²) in [6.07, 6.45) is 43.2. The van der Waals surface area contributed by atoms with Crippen molar-refractivity contribution in [2.45, 2.75) is 193 Å². The Balaban J connectivity index is 0.000000448. The molecule has 0 unspecified atom stereocenters. The maximum atomic E-state index is 8.27. The Kier molecular flexibility index (Phi) is 49.1. The van der Waals surface area contributed by atoms with Crippen LogP contribution in [0.5, 0.6) is 0 Å². The molecule has 12 heteroatoms. The number of rotatable bonds is 36. The normalized spacial score (nSPS) is 22.1. The van der Waals surface area contributed by atoms with E-state index in [2.05, 4.69) is 50.6 Å². The molecule has 406 valence electrons. The monoisotopic (exact) mass is 965 g/mol. The number of nitrogens with one attached hydrogen (secondary N) is 5. The zero-order valence-corrected chi connectivity index (χ0v) is 45.3. The van der Waals surface area contributed by atoms with Crippen molar-refractivity contribution in [3.8, 4) is 0 Å². The van der Waals surface area contributed by atoms with Gasteiger partial charge >= 0.3 is 0 Å². The van der Waals surface area contributed by atoms with Gasteiger partial charge in [0.1, 0.15) is 0 Å². The van der Waals surface area contributed by atoms with Crippen LogP contribution in [0.4, 0.5) is 0 Å². The minimum absolute atomic E-state index is 0.213. The second-order valence-corrected chi connectivity index (χ2v) is 20.8. The summed E-state index contributed by atoms with van der Waals surface area (Å²) in [5, 5.41) is 24.7. The van der Waals surface area contributed by atoms with E-state index >= 15 is 0 Å². The fourth-order valence-corrected chi connectivity index (χ4v) is 11.0. The Labute approximate surface area is 422 Å². The van der Waals surface area contributed by atoms with Crippen LogP contribution in [-0.4, -0.2) is 141 Å². The highest BCUT2D eigenvalue weighted by atomic mass is 16.5. The lowest BCUT2D eigenvalue weighted by molar-refractivity contribution is -0.0403. The van der Waals surface area contributed by atoms with E-state index in [-0.39, 0.29) is 6.61 Å². The van der Waals surface area contributed by atoms with Gasteiger partial charge in [-0.05, 0) is 231 Å². The predicted octanol–water partition coefficient (Wildman–Crippen LogP) is 7.67. The Hall–Kier alpha value is -0.740. The number of nitrogens with zero attached hydrogens (tertiary/aromatic N) is 1. The van der Waals surface area contributed by atoms with Crippen LogP contribution in [0.2, 0.25) is 0 Å². The maximum Gasteiger partial charge on any atom is 0.0594 e. The minimum atomic E-state index is 0.213. The zero-order valence-electron chi connectivity index (χ0n) is 45.3. The van der Waals surface area contributed by atoms with Gasteiger partial charge in [-0.1, -0.05) is 83.3 Å². The molecule has 2 heterocycles. The van der Waals surface area contributed by atoms with Gasteiger partial charge in [0.05, 0.1) is 19.8 Å². The van der Waals surface area contributed by atoms with Crippen molar-refractivity contribution in [2.24, 2.45) is 52.5 Å². The quantitative estimate of drug-likeness (QED) is 0.0218. The molecule has 0 aromatic heterocycles. The van der Waals surface area contributed by atoms with Crippen LogP contribution < -0.4 is 49.5 Å². The van der Waals surface area contributed by atoms with Crippen LogP contribution in [0.15, 0.2) is 12.2 Å². The van der Waals surface area contributed by atoms with Gasteiger partial charge in [-0.25, -0.2) is 0 Å². The molecule has 0 aromatic rings. The van der Waals surface area contributed by atoms with E-state index in [1.807, 2.05) is 7.05 Å². The number of hydrogen-bond acceptors (Lipinski definition) is 12. The maximum absolute atomic E-state index is 8.27. The van der Waals surface area contributed by atoms with Gasteiger partial charge in [0.15, 0.2) is 0 Å². The van der Waals surface area contributed by atoms with Crippen LogP contribution in [0.3, 0.4) is 0 Å². The van der Waals surface area contributed by atoms with Crippen LogP contribution >= 0.6 is 0 Å². The highest BCUT2D eigenvalue weighted by molar-refractivity contribution is 4.97. The first-order chi connectivity index (χ1) is 33.6. The van der Waals surface area contributed by atoms with E-state index in [0.29, 0.717) is 6.54 Å². The molecule has 0 radical (unpaired) electrons. The number of aliphatic hydroxyl groups excluding tert-OH is 1. The molecule has 6 rings (SSSR count). The minimum Gasteiger partial charge on any atom is -0.395 e. The third-order valence-corrected chi connectivity index (χ3v) is 14.9. The number of nitrogens with two attached hydrogens (primary N) is 4. The molecule has 4 bridgehead atoms. The number of piperidine rings is 1. The van der Waals surface area contributed by atoms with Crippen molar-refractivity contribution in [2.75, 3.05) is 125 Å². The van der Waals surface area contributed by atoms with E-state index in [4.69, 9.17) is 32.8 Å². The average molecular weight is 966 g/mol. The Bertz CT molecular complexity index is 982. The highest BCUT2D eigenvalue weighted by Crippen LogP contribution is 2.57. The van der Waals surface area contributed by atoms with Crippen molar-refractivity contribution in [1.82, 2.24) is 31.5 Å². The standard InChI is InChI=1S/C21H44N2.C14H25N.C10H23N3O.C6H14N2.C5H14N2O/c1-2-3-4-5-6-7-8-9-10-11-12-13-14-15-16-17-20-23-21-18-19-22;15-4-2-1-3-14-12-6-10-5-11(8-12)9-13(14)7-10;11-3-1-4-12-5-2-6-13-7-9-14-10-8-13;1-7-6-2-4-8-5-3-6;6-2-1-3-7-4-5-8/h9-10,23H,2-8,11-22H2,1H3;10-14H,1-9,15H2;12H,1-11H2;6-8H,2-5H2,1H3;7-8H,1-6H2/b10-9-;;;;. The van der Waals surface area contributed by atoms with Crippen molar-refractivity contribution in [3.63, 3.8) is 0 Å². The number of morpholine rings is 1. The van der Waals surface area contributed by atoms with E-state index in [1.54, 1.807) is 32.1 Å². The summed E-state index contributed by atoms with van der Waals surface area (Å²) in [5.41, 5.74) is 21.7. The topological polar surface area (TPSA) is 197 Å². The molecule has 6 aliphatic rings. The van der Waals surface area contributed by atoms with E-state index in [1.165, 1.54) is 155 Å². The number of hydrogen-bond donors (Lipinski definition) is 10. The molecule has 0 aromatic carbocycles. The smallest absolute Gasteiger partial charge is 0.0594 e. The molecular formula is C56H120N10O2. The number of aliphatic hydroxyl groups is 1. The summed E-state index contributed by atoms with van der Waals surface area (Å²) in [5.74, 6) is 5.62. The number of allylic oxidation sites excluding steroid dienone is 2. The SMILES string of the molecule is CCCCCCCC/C=C\CCCCCCCCNCCCN.CNC1CCNCC1.NCCCCC1C2CC3CC(C2)CC1C3.NCCCNCCCN1CCOCC1.NCCCNCCO. The van der Waals surface area contributed by atoms with E-state index in [9.17, 15) is 0 Å². The third-order valence-electron chi connectivity index (χ3n) is 14.9. The average Bonchev–Trinajstić information content (AvgIpc) is 3.37. The molecular weight excluding hydrogens is 845 g/mol. The van der Waals surface area contributed by atoms with Gasteiger partial charge < -0.3 is 59.4 Å². The van der Waals surface area contributed by atoms with Crippen molar-refractivity contribution in [3.05, 3.63) is 12.2 Å². The Morgan fingerprint density at radius 2 is 1.03 bits per heavy atom. The van der Waals surface area contributed by atoms with Gasteiger partial charge in [-0.2, -0.15) is 0 Å². The van der Waals surface area contributed by atoms with Crippen molar-refractivity contribution < 1.29 is 9.84 Å². The summed E-state index contributed by atoms with van der Waals surface area (Å²) in [6.45, 7) is 19.3. The first-order valence-electron chi connectivity index (χ1n) is 29.4. The summed E-state index contributed by atoms with van der Waals surface area (Å²) < 4.78 is 5.29. The Morgan fingerprint density at radius 1 is 0.559 bits per heavy atom. The zero-order chi connectivity index (χ0) is 49.2. The molecule has 6 fully saturated rings. The molecule has 14 N–H and O–H groups in total. The Morgan fingerprint density at radius 3 is 1.51 bits per heavy atom. The van der Waals surface area contributed by atoms with Gasteiger partial charge in [-0.3, -0.25) is 4.90 Å². The van der Waals surface area contributed by atoms with Gasteiger partial charge in [-0.15, -0.1) is 0 Å².